The number of rotatable bonds is 6. The third kappa shape index (κ3) is 2.97. The lowest BCUT2D eigenvalue weighted by atomic mass is 10.3. The second-order valence-electron chi connectivity index (χ2n) is 4.32. The Balaban J connectivity index is 1.99. The van der Waals surface area contributed by atoms with E-state index >= 15 is 0 Å². The van der Waals surface area contributed by atoms with Crippen LogP contribution in [0.3, 0.4) is 0 Å². The van der Waals surface area contributed by atoms with Gasteiger partial charge in [0.05, 0.1) is 17.6 Å². The van der Waals surface area contributed by atoms with Gasteiger partial charge in [0.15, 0.2) is 0 Å². The monoisotopic (exact) mass is 266 g/mol. The van der Waals surface area contributed by atoms with Crippen molar-refractivity contribution >= 4 is 22.8 Å². The Bertz CT molecular complexity index is 561. The SMILES string of the molecule is CC(CO)SCCCn1c(=O)[nH]c2ccccc21. The molecule has 4 nitrogen and oxygen atoms in total. The molecule has 0 saturated heterocycles. The Morgan fingerprint density at radius 1 is 1.44 bits per heavy atom. The quantitative estimate of drug-likeness (QED) is 0.784. The standard InChI is InChI=1S/C13H18N2O2S/c1-10(9-16)18-8-4-7-15-12-6-3-2-5-11(12)14-13(15)17/h2-3,5-6,10,16H,4,7-9H2,1H3,(H,14,17). The summed E-state index contributed by atoms with van der Waals surface area (Å²) < 4.78 is 1.78. The van der Waals surface area contributed by atoms with Gasteiger partial charge in [-0.15, -0.1) is 0 Å². The molecule has 2 N–H and O–H groups in total. The maximum atomic E-state index is 11.8. The summed E-state index contributed by atoms with van der Waals surface area (Å²) in [5, 5.41) is 9.19. The molecule has 1 aromatic carbocycles. The maximum Gasteiger partial charge on any atom is 0.326 e. The fourth-order valence-corrected chi connectivity index (χ4v) is 2.69. The van der Waals surface area contributed by atoms with E-state index in [-0.39, 0.29) is 17.5 Å². The van der Waals surface area contributed by atoms with E-state index in [2.05, 4.69) is 4.98 Å². The molecule has 0 amide bonds. The number of nitrogens with one attached hydrogen (secondary N) is 1. The molecule has 0 aliphatic heterocycles. The molecule has 18 heavy (non-hydrogen) atoms. The van der Waals surface area contributed by atoms with Gasteiger partial charge in [0, 0.05) is 11.8 Å². The zero-order valence-corrected chi connectivity index (χ0v) is 11.2. The highest BCUT2D eigenvalue weighted by Crippen LogP contribution is 2.13. The van der Waals surface area contributed by atoms with Gasteiger partial charge in [-0.05, 0) is 24.3 Å². The van der Waals surface area contributed by atoms with Gasteiger partial charge in [-0.3, -0.25) is 4.57 Å². The lowest BCUT2D eigenvalue weighted by Crippen LogP contribution is -2.17. The number of fused-ring (bicyclic) bond motifs is 1. The minimum absolute atomic E-state index is 0.0450. The van der Waals surface area contributed by atoms with Crippen molar-refractivity contribution in [1.82, 2.24) is 9.55 Å². The summed E-state index contributed by atoms with van der Waals surface area (Å²) in [6, 6.07) is 7.72. The van der Waals surface area contributed by atoms with E-state index in [1.54, 1.807) is 16.3 Å². The number of H-pyrrole nitrogens is 1. The Morgan fingerprint density at radius 2 is 2.22 bits per heavy atom. The second-order valence-corrected chi connectivity index (χ2v) is 5.86. The highest BCUT2D eigenvalue weighted by molar-refractivity contribution is 7.99. The van der Waals surface area contributed by atoms with E-state index in [1.165, 1.54) is 0 Å². The van der Waals surface area contributed by atoms with Crippen LogP contribution in [0.15, 0.2) is 29.1 Å². The van der Waals surface area contributed by atoms with Crippen molar-refractivity contribution in [3.8, 4) is 0 Å². The molecule has 0 spiro atoms. The summed E-state index contributed by atoms with van der Waals surface area (Å²) in [5.41, 5.74) is 1.80. The third-order valence-corrected chi connectivity index (χ3v) is 4.11. The Hall–Kier alpha value is -1.20. The van der Waals surface area contributed by atoms with Crippen molar-refractivity contribution in [3.05, 3.63) is 34.7 Å². The lowest BCUT2D eigenvalue weighted by Gasteiger charge is -2.07. The molecule has 1 aromatic heterocycles. The van der Waals surface area contributed by atoms with Gasteiger partial charge in [-0.2, -0.15) is 11.8 Å². The van der Waals surface area contributed by atoms with Crippen LogP contribution < -0.4 is 5.69 Å². The first kappa shape index (κ1) is 13.2. The first-order valence-electron chi connectivity index (χ1n) is 6.12. The largest absolute Gasteiger partial charge is 0.395 e. The minimum atomic E-state index is -0.0450. The third-order valence-electron chi connectivity index (χ3n) is 2.87. The molecule has 0 fully saturated rings. The maximum absolute atomic E-state index is 11.8. The molecular formula is C13H18N2O2S. The molecule has 1 atom stereocenters. The van der Waals surface area contributed by atoms with Crippen LogP contribution in [-0.4, -0.2) is 32.3 Å². The highest BCUT2D eigenvalue weighted by atomic mass is 32.2. The molecule has 5 heteroatoms. The average molecular weight is 266 g/mol. The number of benzene rings is 1. The highest BCUT2D eigenvalue weighted by Gasteiger charge is 2.05. The number of hydrogen-bond donors (Lipinski definition) is 2. The number of imidazole rings is 1. The molecule has 2 aromatic rings. The molecule has 0 bridgehead atoms. The van der Waals surface area contributed by atoms with E-state index < -0.39 is 0 Å². The van der Waals surface area contributed by atoms with Gasteiger partial charge in [-0.25, -0.2) is 4.79 Å². The van der Waals surface area contributed by atoms with Gasteiger partial charge < -0.3 is 10.1 Å². The normalized spacial score (nSPS) is 13.0. The Morgan fingerprint density at radius 3 is 3.00 bits per heavy atom. The van der Waals surface area contributed by atoms with Crippen LogP contribution in [0.2, 0.25) is 0 Å². The van der Waals surface area contributed by atoms with Gasteiger partial charge in [-0.1, -0.05) is 19.1 Å². The fraction of sp³-hybridized carbons (Fsp3) is 0.462. The van der Waals surface area contributed by atoms with Gasteiger partial charge >= 0.3 is 5.69 Å². The number of thioether (sulfide) groups is 1. The van der Waals surface area contributed by atoms with Gasteiger partial charge in [0.1, 0.15) is 0 Å². The smallest absolute Gasteiger partial charge is 0.326 e. The van der Waals surface area contributed by atoms with Crippen LogP contribution in [0.25, 0.3) is 11.0 Å². The molecule has 1 unspecified atom stereocenters. The molecular weight excluding hydrogens is 248 g/mol. The van der Waals surface area contributed by atoms with E-state index in [9.17, 15) is 4.79 Å². The van der Waals surface area contributed by atoms with Crippen molar-refractivity contribution in [2.45, 2.75) is 25.1 Å². The molecule has 1 heterocycles. The van der Waals surface area contributed by atoms with Gasteiger partial charge in [0.25, 0.3) is 0 Å². The summed E-state index contributed by atoms with van der Waals surface area (Å²) in [5.74, 6) is 0.952. The van der Waals surface area contributed by atoms with E-state index in [4.69, 9.17) is 5.11 Å². The van der Waals surface area contributed by atoms with Crippen LogP contribution in [0.5, 0.6) is 0 Å². The molecule has 0 aliphatic carbocycles. The van der Waals surface area contributed by atoms with Crippen molar-refractivity contribution in [2.75, 3.05) is 12.4 Å². The molecule has 0 radical (unpaired) electrons. The number of aromatic nitrogens is 2. The first-order valence-corrected chi connectivity index (χ1v) is 7.17. The van der Waals surface area contributed by atoms with Crippen LogP contribution in [0, 0.1) is 0 Å². The number of hydrogen-bond acceptors (Lipinski definition) is 3. The zero-order chi connectivity index (χ0) is 13.0. The molecule has 0 aliphatic rings. The second kappa shape index (κ2) is 6.11. The number of nitrogens with zero attached hydrogens (tertiary/aromatic N) is 1. The predicted octanol–water partition coefficient (Wildman–Crippen LogP) is 1.83. The zero-order valence-electron chi connectivity index (χ0n) is 10.4. The Kier molecular flexibility index (Phi) is 4.49. The topological polar surface area (TPSA) is 58.0 Å². The van der Waals surface area contributed by atoms with Crippen molar-refractivity contribution in [2.24, 2.45) is 0 Å². The molecule has 2 rings (SSSR count). The summed E-state index contributed by atoms with van der Waals surface area (Å²) >= 11 is 1.73. The van der Waals surface area contributed by atoms with Crippen molar-refractivity contribution in [1.29, 1.82) is 0 Å². The number of para-hydroxylation sites is 2. The van der Waals surface area contributed by atoms with Crippen molar-refractivity contribution < 1.29 is 5.11 Å². The van der Waals surface area contributed by atoms with E-state index in [1.807, 2.05) is 31.2 Å². The fourth-order valence-electron chi connectivity index (χ4n) is 1.89. The van der Waals surface area contributed by atoms with Crippen LogP contribution in [-0.2, 0) is 6.54 Å². The molecule has 0 saturated carbocycles. The van der Waals surface area contributed by atoms with Crippen LogP contribution in [0.4, 0.5) is 0 Å². The predicted molar refractivity (Wildman–Crippen MR) is 76.2 cm³/mol. The molecule has 98 valence electrons. The number of aliphatic hydroxyl groups is 1. The number of aromatic amines is 1. The van der Waals surface area contributed by atoms with E-state index in [0.29, 0.717) is 6.54 Å². The average Bonchev–Trinajstić information content (AvgIpc) is 2.70. The number of aryl methyl sites for hydroxylation is 1. The lowest BCUT2D eigenvalue weighted by molar-refractivity contribution is 0.300. The summed E-state index contributed by atoms with van der Waals surface area (Å²) in [6.07, 6.45) is 0.927. The van der Waals surface area contributed by atoms with Gasteiger partial charge in [0.2, 0.25) is 0 Å². The van der Waals surface area contributed by atoms with E-state index in [0.717, 1.165) is 23.2 Å². The minimum Gasteiger partial charge on any atom is -0.395 e. The summed E-state index contributed by atoms with van der Waals surface area (Å²) in [4.78, 5) is 14.6. The first-order chi connectivity index (χ1) is 8.72. The van der Waals surface area contributed by atoms with Crippen molar-refractivity contribution in [3.63, 3.8) is 0 Å². The van der Waals surface area contributed by atoms with Crippen LogP contribution in [0.1, 0.15) is 13.3 Å². The number of aliphatic hydroxyl groups excluding tert-OH is 1. The summed E-state index contributed by atoms with van der Waals surface area (Å²) in [6.45, 7) is 2.92. The van der Waals surface area contributed by atoms with Crippen LogP contribution >= 0.6 is 11.8 Å². The summed E-state index contributed by atoms with van der Waals surface area (Å²) in [7, 11) is 0. The Labute approximate surface area is 110 Å².